The highest BCUT2D eigenvalue weighted by Gasteiger charge is 2.14. The van der Waals surface area contributed by atoms with Gasteiger partial charge in [0.15, 0.2) is 0 Å². The van der Waals surface area contributed by atoms with Gasteiger partial charge >= 0.3 is 12.1 Å². The highest BCUT2D eigenvalue weighted by Crippen LogP contribution is 2.30. The Labute approximate surface area is 215 Å². The van der Waals surface area contributed by atoms with Crippen LogP contribution in [-0.4, -0.2) is 39.9 Å². The van der Waals surface area contributed by atoms with Crippen molar-refractivity contribution >= 4 is 28.8 Å². The molecular formula is C29H31N3O5. The molecule has 0 amide bonds. The van der Waals surface area contributed by atoms with E-state index in [1.165, 1.54) is 0 Å². The third-order valence-corrected chi connectivity index (χ3v) is 6.01. The molecule has 0 bridgehead atoms. The maximum Gasteiger partial charge on any atom is 0.511 e. The number of carboxylic acid groups (broad SMARTS) is 1. The van der Waals surface area contributed by atoms with E-state index in [4.69, 9.17) is 19.6 Å². The van der Waals surface area contributed by atoms with E-state index in [-0.39, 0.29) is 12.5 Å². The minimum absolute atomic E-state index is 0.102. The summed E-state index contributed by atoms with van der Waals surface area (Å²) in [5, 5.41) is 12.2. The molecule has 0 unspecified atom stereocenters. The number of imidazole rings is 1. The number of rotatable bonds is 11. The van der Waals surface area contributed by atoms with Crippen LogP contribution < -0.4 is 10.1 Å². The summed E-state index contributed by atoms with van der Waals surface area (Å²) < 4.78 is 12.2. The number of ether oxygens (including phenoxy) is 2. The Morgan fingerprint density at radius 1 is 1.03 bits per heavy atom. The van der Waals surface area contributed by atoms with Crippen molar-refractivity contribution in [3.05, 3.63) is 78.1 Å². The van der Waals surface area contributed by atoms with E-state index < -0.39 is 6.16 Å². The molecule has 0 fully saturated rings. The van der Waals surface area contributed by atoms with Gasteiger partial charge in [0.05, 0.1) is 17.6 Å². The van der Waals surface area contributed by atoms with Crippen LogP contribution in [0.1, 0.15) is 38.1 Å². The van der Waals surface area contributed by atoms with Crippen LogP contribution in [0.5, 0.6) is 5.75 Å². The summed E-state index contributed by atoms with van der Waals surface area (Å²) in [6.07, 6.45) is 1.64. The Morgan fingerprint density at radius 2 is 1.81 bits per heavy atom. The van der Waals surface area contributed by atoms with E-state index in [0.29, 0.717) is 24.5 Å². The Hall–Kier alpha value is -4.33. The van der Waals surface area contributed by atoms with Crippen LogP contribution in [0.25, 0.3) is 22.2 Å². The SMILES string of the molecule is CCCCc1nc2ccc(NCC(=O)OCC)cc2n1Cc1ccc(-c2ccccc2OC(=O)O)cc1. The summed E-state index contributed by atoms with van der Waals surface area (Å²) in [5.74, 6) is 1.02. The Kier molecular flexibility index (Phi) is 8.40. The summed E-state index contributed by atoms with van der Waals surface area (Å²) >= 11 is 0. The highest BCUT2D eigenvalue weighted by atomic mass is 16.7. The van der Waals surface area contributed by atoms with Crippen molar-refractivity contribution < 1.29 is 24.2 Å². The van der Waals surface area contributed by atoms with Gasteiger partial charge in [0.25, 0.3) is 0 Å². The van der Waals surface area contributed by atoms with Crippen molar-refractivity contribution in [2.75, 3.05) is 18.5 Å². The van der Waals surface area contributed by atoms with Crippen molar-refractivity contribution in [3.63, 3.8) is 0 Å². The Balaban J connectivity index is 1.61. The van der Waals surface area contributed by atoms with Gasteiger partial charge in [-0.2, -0.15) is 0 Å². The average Bonchev–Trinajstić information content (AvgIpc) is 3.23. The number of hydrogen-bond acceptors (Lipinski definition) is 6. The molecule has 8 nitrogen and oxygen atoms in total. The zero-order chi connectivity index (χ0) is 26.2. The minimum atomic E-state index is -1.34. The summed E-state index contributed by atoms with van der Waals surface area (Å²) in [4.78, 5) is 27.7. The molecule has 4 rings (SSSR count). The predicted molar refractivity (Wildman–Crippen MR) is 143 cm³/mol. The van der Waals surface area contributed by atoms with Crippen molar-refractivity contribution in [2.24, 2.45) is 0 Å². The first-order chi connectivity index (χ1) is 18.0. The van der Waals surface area contributed by atoms with Crippen molar-refractivity contribution in [3.8, 4) is 16.9 Å². The third kappa shape index (κ3) is 6.46. The van der Waals surface area contributed by atoms with E-state index >= 15 is 0 Å². The lowest BCUT2D eigenvalue weighted by Gasteiger charge is -2.12. The number of carbonyl (C=O) groups excluding carboxylic acids is 1. The molecule has 0 spiro atoms. The maximum atomic E-state index is 11.8. The number of unbranched alkanes of at least 4 members (excludes halogenated alkanes) is 1. The molecule has 0 aliphatic carbocycles. The summed E-state index contributed by atoms with van der Waals surface area (Å²) in [7, 11) is 0. The van der Waals surface area contributed by atoms with Crippen molar-refractivity contribution in [2.45, 2.75) is 39.7 Å². The molecule has 0 saturated carbocycles. The number of aryl methyl sites for hydroxylation is 1. The van der Waals surface area contributed by atoms with E-state index in [9.17, 15) is 9.59 Å². The first-order valence-corrected chi connectivity index (χ1v) is 12.5. The second-order valence-electron chi connectivity index (χ2n) is 8.64. The van der Waals surface area contributed by atoms with Crippen LogP contribution in [0.4, 0.5) is 10.5 Å². The van der Waals surface area contributed by atoms with Gasteiger partial charge in [-0.25, -0.2) is 9.78 Å². The van der Waals surface area contributed by atoms with E-state index in [1.807, 2.05) is 54.6 Å². The molecule has 2 N–H and O–H groups in total. The van der Waals surface area contributed by atoms with Gasteiger partial charge in [-0.05, 0) is 48.7 Å². The summed E-state index contributed by atoms with van der Waals surface area (Å²) in [6.45, 7) is 5.03. The van der Waals surface area contributed by atoms with E-state index in [0.717, 1.165) is 52.9 Å². The van der Waals surface area contributed by atoms with E-state index in [2.05, 4.69) is 16.8 Å². The number of esters is 1. The zero-order valence-corrected chi connectivity index (χ0v) is 21.1. The molecule has 0 saturated heterocycles. The van der Waals surface area contributed by atoms with Crippen LogP contribution >= 0.6 is 0 Å². The fourth-order valence-electron chi connectivity index (χ4n) is 4.23. The van der Waals surface area contributed by atoms with Gasteiger partial charge in [0, 0.05) is 24.2 Å². The number of aromatic nitrogens is 2. The van der Waals surface area contributed by atoms with Gasteiger partial charge in [-0.3, -0.25) is 4.79 Å². The highest BCUT2D eigenvalue weighted by molar-refractivity contribution is 5.82. The molecule has 1 heterocycles. The lowest BCUT2D eigenvalue weighted by molar-refractivity contribution is -0.140. The molecule has 0 aliphatic heterocycles. The largest absolute Gasteiger partial charge is 0.511 e. The maximum absolute atomic E-state index is 11.8. The standard InChI is InChI=1S/C29H31N3O5/c1-3-5-10-27-31-24-16-15-22(30-18-28(33)36-4-2)17-25(24)32(27)19-20-11-13-21(14-12-20)23-8-6-7-9-26(23)37-29(34)35/h6-9,11-17,30H,3-5,10,18-19H2,1-2H3,(H,34,35). The van der Waals surface area contributed by atoms with Gasteiger partial charge < -0.3 is 24.5 Å². The minimum Gasteiger partial charge on any atom is -0.465 e. The monoisotopic (exact) mass is 501 g/mol. The molecule has 8 heteroatoms. The second kappa shape index (κ2) is 12.1. The van der Waals surface area contributed by atoms with E-state index in [1.54, 1.807) is 19.1 Å². The number of para-hydroxylation sites is 1. The Bertz CT molecular complexity index is 1380. The summed E-state index contributed by atoms with van der Waals surface area (Å²) in [5.41, 5.74) is 5.39. The molecule has 1 aromatic heterocycles. The van der Waals surface area contributed by atoms with Gasteiger partial charge in [0.2, 0.25) is 0 Å². The molecule has 0 atom stereocenters. The molecule has 0 aliphatic rings. The fraction of sp³-hybridized carbons (Fsp3) is 0.276. The van der Waals surface area contributed by atoms with Crippen LogP contribution in [0.3, 0.4) is 0 Å². The van der Waals surface area contributed by atoms with Gasteiger partial charge in [0.1, 0.15) is 18.1 Å². The number of nitrogens with zero attached hydrogens (tertiary/aromatic N) is 2. The molecular weight excluding hydrogens is 470 g/mol. The van der Waals surface area contributed by atoms with Crippen molar-refractivity contribution in [1.29, 1.82) is 0 Å². The third-order valence-electron chi connectivity index (χ3n) is 6.01. The van der Waals surface area contributed by atoms with Crippen LogP contribution in [0, 0.1) is 0 Å². The van der Waals surface area contributed by atoms with Crippen molar-refractivity contribution in [1.82, 2.24) is 9.55 Å². The molecule has 37 heavy (non-hydrogen) atoms. The zero-order valence-electron chi connectivity index (χ0n) is 21.1. The van der Waals surface area contributed by atoms with Crippen LogP contribution in [-0.2, 0) is 22.5 Å². The molecule has 192 valence electrons. The predicted octanol–water partition coefficient (Wildman–Crippen LogP) is 6.13. The summed E-state index contributed by atoms with van der Waals surface area (Å²) in [6, 6.07) is 21.0. The fourth-order valence-corrected chi connectivity index (χ4v) is 4.23. The number of benzene rings is 3. The molecule has 3 aromatic carbocycles. The van der Waals surface area contributed by atoms with Crippen LogP contribution in [0.2, 0.25) is 0 Å². The number of hydrogen-bond donors (Lipinski definition) is 2. The number of fused-ring (bicyclic) bond motifs is 1. The topological polar surface area (TPSA) is 103 Å². The van der Waals surface area contributed by atoms with Crippen LogP contribution in [0.15, 0.2) is 66.7 Å². The lowest BCUT2D eigenvalue weighted by Crippen LogP contribution is -2.16. The number of anilines is 1. The second-order valence-corrected chi connectivity index (χ2v) is 8.64. The molecule has 4 aromatic rings. The normalized spacial score (nSPS) is 10.9. The quantitative estimate of drug-likeness (QED) is 0.188. The average molecular weight is 502 g/mol. The number of nitrogens with one attached hydrogen (secondary N) is 1. The molecule has 0 radical (unpaired) electrons. The van der Waals surface area contributed by atoms with Gasteiger partial charge in [-0.1, -0.05) is 55.8 Å². The smallest absolute Gasteiger partial charge is 0.465 e. The lowest BCUT2D eigenvalue weighted by atomic mass is 10.0. The number of carbonyl (C=O) groups is 2. The van der Waals surface area contributed by atoms with Gasteiger partial charge in [-0.15, -0.1) is 0 Å². The first-order valence-electron chi connectivity index (χ1n) is 12.5. The first kappa shape index (κ1) is 25.8. The Morgan fingerprint density at radius 3 is 2.54 bits per heavy atom.